The molecule has 0 atom stereocenters. The number of halogens is 3. The number of nitrogens with one attached hydrogen (secondary N) is 1. The number of carbonyl (C=O) groups excluding carboxylic acids is 1. The summed E-state index contributed by atoms with van der Waals surface area (Å²) in [5.74, 6) is -1.44. The molecule has 0 aliphatic heterocycles. The van der Waals surface area contributed by atoms with E-state index in [2.05, 4.69) is 5.32 Å². The number of aryl methyl sites for hydroxylation is 1. The molecule has 7 heteroatoms. The van der Waals surface area contributed by atoms with E-state index in [0.29, 0.717) is 18.5 Å². The van der Waals surface area contributed by atoms with Crippen molar-refractivity contribution in [3.05, 3.63) is 70.8 Å². The number of carboxylic acid groups (broad SMARTS) is 1. The van der Waals surface area contributed by atoms with E-state index in [1.54, 1.807) is 24.3 Å². The van der Waals surface area contributed by atoms with Gasteiger partial charge in [0.15, 0.2) is 0 Å². The van der Waals surface area contributed by atoms with Crippen LogP contribution < -0.4 is 5.32 Å². The van der Waals surface area contributed by atoms with E-state index < -0.39 is 24.5 Å². The summed E-state index contributed by atoms with van der Waals surface area (Å²) in [5, 5.41) is 11.5. The first-order valence-corrected chi connectivity index (χ1v) is 8.01. The van der Waals surface area contributed by atoms with Crippen molar-refractivity contribution in [2.45, 2.75) is 25.4 Å². The number of carbonyl (C=O) groups is 2. The van der Waals surface area contributed by atoms with Gasteiger partial charge in [-0.05, 0) is 42.2 Å². The molecule has 0 heterocycles. The van der Waals surface area contributed by atoms with Crippen molar-refractivity contribution in [3.63, 3.8) is 0 Å². The highest BCUT2D eigenvalue weighted by Gasteiger charge is 2.27. The number of amides is 1. The standard InChI is InChI=1S/C19H18F3NO3/c20-19(21,22)11-9-14-3-1-2-4-16(14)17(24)23-12-10-13-5-7-15(8-6-13)18(25)26/h1-8H,9-12H2,(H,23,24)(H,25,26). The number of aromatic carboxylic acids is 1. The topological polar surface area (TPSA) is 66.4 Å². The number of rotatable bonds is 7. The van der Waals surface area contributed by atoms with Crippen molar-refractivity contribution < 1.29 is 27.9 Å². The summed E-state index contributed by atoms with van der Waals surface area (Å²) in [7, 11) is 0. The van der Waals surface area contributed by atoms with Crippen molar-refractivity contribution in [2.24, 2.45) is 0 Å². The molecule has 4 nitrogen and oxygen atoms in total. The molecular formula is C19H18F3NO3. The van der Waals surface area contributed by atoms with Gasteiger partial charge in [0.25, 0.3) is 5.91 Å². The highest BCUT2D eigenvalue weighted by molar-refractivity contribution is 5.95. The predicted molar refractivity (Wildman–Crippen MR) is 90.3 cm³/mol. The molecule has 0 saturated heterocycles. The van der Waals surface area contributed by atoms with Crippen LogP contribution in [0.3, 0.4) is 0 Å². The maximum absolute atomic E-state index is 12.4. The normalized spacial score (nSPS) is 11.2. The number of benzene rings is 2. The molecule has 0 aliphatic rings. The van der Waals surface area contributed by atoms with E-state index in [1.165, 1.54) is 24.3 Å². The van der Waals surface area contributed by atoms with Crippen molar-refractivity contribution in [1.29, 1.82) is 0 Å². The predicted octanol–water partition coefficient (Wildman–Crippen LogP) is 3.85. The average molecular weight is 365 g/mol. The molecule has 2 aromatic carbocycles. The minimum atomic E-state index is -4.27. The monoisotopic (exact) mass is 365 g/mol. The van der Waals surface area contributed by atoms with Crippen LogP contribution in [0.2, 0.25) is 0 Å². The fraction of sp³-hybridized carbons (Fsp3) is 0.263. The van der Waals surface area contributed by atoms with Gasteiger partial charge in [0.05, 0.1) is 5.56 Å². The fourth-order valence-corrected chi connectivity index (χ4v) is 2.47. The summed E-state index contributed by atoms with van der Waals surface area (Å²) in [6.07, 6.45) is -5.01. The van der Waals surface area contributed by atoms with Crippen molar-refractivity contribution in [1.82, 2.24) is 5.32 Å². The van der Waals surface area contributed by atoms with Crippen LogP contribution in [0.4, 0.5) is 13.2 Å². The number of hydrogen-bond acceptors (Lipinski definition) is 2. The lowest BCUT2D eigenvalue weighted by Crippen LogP contribution is -2.27. The molecular weight excluding hydrogens is 347 g/mol. The number of hydrogen-bond donors (Lipinski definition) is 2. The van der Waals surface area contributed by atoms with Crippen molar-refractivity contribution in [2.75, 3.05) is 6.54 Å². The molecule has 138 valence electrons. The first-order valence-electron chi connectivity index (χ1n) is 8.01. The van der Waals surface area contributed by atoms with Crippen LogP contribution in [0.25, 0.3) is 0 Å². The lowest BCUT2D eigenvalue weighted by atomic mass is 10.0. The van der Waals surface area contributed by atoms with Gasteiger partial charge in [0.2, 0.25) is 0 Å². The third-order valence-electron chi connectivity index (χ3n) is 3.84. The summed E-state index contributed by atoms with van der Waals surface area (Å²) < 4.78 is 37.2. The maximum atomic E-state index is 12.4. The second-order valence-corrected chi connectivity index (χ2v) is 5.78. The zero-order valence-electron chi connectivity index (χ0n) is 13.8. The summed E-state index contributed by atoms with van der Waals surface area (Å²) in [6.45, 7) is 0.291. The minimum absolute atomic E-state index is 0.177. The Morgan fingerprint density at radius 1 is 0.962 bits per heavy atom. The average Bonchev–Trinajstić information content (AvgIpc) is 2.60. The molecule has 0 radical (unpaired) electrons. The van der Waals surface area contributed by atoms with E-state index >= 15 is 0 Å². The van der Waals surface area contributed by atoms with Gasteiger partial charge in [0, 0.05) is 18.5 Å². The van der Waals surface area contributed by atoms with Gasteiger partial charge in [0.1, 0.15) is 0 Å². The van der Waals surface area contributed by atoms with Crippen LogP contribution in [-0.2, 0) is 12.8 Å². The van der Waals surface area contributed by atoms with Crippen molar-refractivity contribution in [3.8, 4) is 0 Å². The summed E-state index contributed by atoms with van der Waals surface area (Å²) in [4.78, 5) is 23.0. The van der Waals surface area contributed by atoms with Gasteiger partial charge < -0.3 is 10.4 Å². The van der Waals surface area contributed by atoms with Gasteiger partial charge in [-0.15, -0.1) is 0 Å². The quantitative estimate of drug-likeness (QED) is 0.783. The molecule has 2 rings (SSSR count). The Morgan fingerprint density at radius 2 is 1.62 bits per heavy atom. The van der Waals surface area contributed by atoms with Gasteiger partial charge in [-0.1, -0.05) is 30.3 Å². The summed E-state index contributed by atoms with van der Waals surface area (Å²) in [5.41, 5.74) is 1.61. The smallest absolute Gasteiger partial charge is 0.389 e. The van der Waals surface area contributed by atoms with E-state index in [1.807, 2.05) is 0 Å². The molecule has 0 saturated carbocycles. The summed E-state index contributed by atoms with van der Waals surface area (Å²) >= 11 is 0. The van der Waals surface area contributed by atoms with E-state index in [0.717, 1.165) is 5.56 Å². The molecule has 0 bridgehead atoms. The zero-order valence-corrected chi connectivity index (χ0v) is 13.8. The minimum Gasteiger partial charge on any atom is -0.478 e. The molecule has 0 spiro atoms. The Morgan fingerprint density at radius 3 is 2.23 bits per heavy atom. The van der Waals surface area contributed by atoms with E-state index in [-0.39, 0.29) is 17.5 Å². The zero-order chi connectivity index (χ0) is 19.2. The Kier molecular flexibility index (Phi) is 6.38. The molecule has 0 aromatic heterocycles. The number of alkyl halides is 3. The van der Waals surface area contributed by atoms with E-state index in [9.17, 15) is 22.8 Å². The second-order valence-electron chi connectivity index (χ2n) is 5.78. The van der Waals surface area contributed by atoms with Gasteiger partial charge in [-0.3, -0.25) is 4.79 Å². The van der Waals surface area contributed by atoms with Gasteiger partial charge in [-0.2, -0.15) is 13.2 Å². The Labute approximate surface area is 148 Å². The molecule has 0 aliphatic carbocycles. The van der Waals surface area contributed by atoms with E-state index in [4.69, 9.17) is 5.11 Å². The third kappa shape index (κ3) is 5.91. The Hall–Kier alpha value is -2.83. The Bertz CT molecular complexity index is 770. The molecule has 1 amide bonds. The molecule has 2 aromatic rings. The SMILES string of the molecule is O=C(O)c1ccc(CCNC(=O)c2ccccc2CCC(F)(F)F)cc1. The lowest BCUT2D eigenvalue weighted by molar-refractivity contribution is -0.134. The Balaban J connectivity index is 1.92. The van der Waals surface area contributed by atoms with Crippen LogP contribution in [0, 0.1) is 0 Å². The molecule has 26 heavy (non-hydrogen) atoms. The first kappa shape index (κ1) is 19.5. The largest absolute Gasteiger partial charge is 0.478 e. The van der Waals surface area contributed by atoms with Crippen LogP contribution in [0.1, 0.15) is 38.3 Å². The molecule has 2 N–H and O–H groups in total. The van der Waals surface area contributed by atoms with Crippen molar-refractivity contribution >= 4 is 11.9 Å². The highest BCUT2D eigenvalue weighted by atomic mass is 19.4. The van der Waals surface area contributed by atoms with Crippen LogP contribution >= 0.6 is 0 Å². The highest BCUT2D eigenvalue weighted by Crippen LogP contribution is 2.23. The molecule has 0 unspecified atom stereocenters. The third-order valence-corrected chi connectivity index (χ3v) is 3.84. The maximum Gasteiger partial charge on any atom is 0.389 e. The lowest BCUT2D eigenvalue weighted by Gasteiger charge is -2.11. The first-order chi connectivity index (χ1) is 12.3. The van der Waals surface area contributed by atoms with Crippen LogP contribution in [0.5, 0.6) is 0 Å². The van der Waals surface area contributed by atoms with Gasteiger partial charge in [-0.25, -0.2) is 4.79 Å². The van der Waals surface area contributed by atoms with Crippen LogP contribution in [-0.4, -0.2) is 29.7 Å². The van der Waals surface area contributed by atoms with Crippen LogP contribution in [0.15, 0.2) is 48.5 Å². The fourth-order valence-electron chi connectivity index (χ4n) is 2.47. The van der Waals surface area contributed by atoms with Gasteiger partial charge >= 0.3 is 12.1 Å². The second kappa shape index (κ2) is 8.51. The number of carboxylic acids is 1. The summed E-state index contributed by atoms with van der Waals surface area (Å²) in [6, 6.07) is 12.5. The molecule has 0 fully saturated rings.